The van der Waals surface area contributed by atoms with Crippen molar-refractivity contribution in [1.29, 1.82) is 0 Å². The van der Waals surface area contributed by atoms with Crippen molar-refractivity contribution in [1.82, 2.24) is 5.06 Å². The fourth-order valence-electron chi connectivity index (χ4n) is 1.84. The second kappa shape index (κ2) is 5.75. The average molecular weight is 255 g/mol. The second-order valence-electron chi connectivity index (χ2n) is 4.32. The largest absolute Gasteiger partial charge is 0.389 e. The van der Waals surface area contributed by atoms with Gasteiger partial charge in [0.15, 0.2) is 6.23 Å². The van der Waals surface area contributed by atoms with Crippen molar-refractivity contribution in [2.75, 3.05) is 6.54 Å². The molecule has 100 valence electrons. The molecule has 1 fully saturated rings. The van der Waals surface area contributed by atoms with Crippen LogP contribution in [0.15, 0.2) is 30.3 Å². The Balaban J connectivity index is 1.93. The monoisotopic (exact) mass is 255 g/mol. The number of β-amino-alcohol motifs (C(OH)–C–C–N with tert-alkyl or cyclic N) is 1. The first-order valence-electron chi connectivity index (χ1n) is 5.75. The summed E-state index contributed by atoms with van der Waals surface area (Å²) in [7, 11) is 0. The van der Waals surface area contributed by atoms with E-state index in [2.05, 4.69) is 0 Å². The maximum Gasteiger partial charge on any atom is 0.158 e. The van der Waals surface area contributed by atoms with Gasteiger partial charge in [-0.15, -0.1) is 0 Å². The molecule has 1 aliphatic rings. The Hall–Kier alpha value is -1.02. The lowest BCUT2D eigenvalue weighted by molar-refractivity contribution is -0.315. The van der Waals surface area contributed by atoms with Crippen molar-refractivity contribution in [2.24, 2.45) is 0 Å². The minimum absolute atomic E-state index is 0.0633. The minimum Gasteiger partial charge on any atom is -0.389 e. The van der Waals surface area contributed by atoms with Gasteiger partial charge in [0.2, 0.25) is 0 Å². The lowest BCUT2D eigenvalue weighted by Crippen LogP contribution is -2.60. The van der Waals surface area contributed by atoms with E-state index in [1.54, 1.807) is 0 Å². The second-order valence-corrected chi connectivity index (χ2v) is 4.32. The Morgan fingerprint density at radius 2 is 1.72 bits per heavy atom. The smallest absolute Gasteiger partial charge is 0.158 e. The Bertz CT molecular complexity index is 374. The highest BCUT2D eigenvalue weighted by atomic mass is 16.7. The summed E-state index contributed by atoms with van der Waals surface area (Å²) in [6, 6.07) is 9.32. The normalized spacial score (nSPS) is 33.6. The van der Waals surface area contributed by atoms with E-state index in [0.717, 1.165) is 10.6 Å². The van der Waals surface area contributed by atoms with Gasteiger partial charge >= 0.3 is 0 Å². The van der Waals surface area contributed by atoms with Gasteiger partial charge in [0.05, 0.1) is 19.3 Å². The summed E-state index contributed by atoms with van der Waals surface area (Å²) in [4.78, 5) is 5.32. The first kappa shape index (κ1) is 13.4. The van der Waals surface area contributed by atoms with Gasteiger partial charge in [-0.2, -0.15) is 5.06 Å². The SMILES string of the molecule is O[C@@H]1[C@@H](O)[C@@H](O)N(OCc2ccccc2)C[C@H]1O. The molecule has 1 aromatic carbocycles. The van der Waals surface area contributed by atoms with Crippen molar-refractivity contribution in [3.05, 3.63) is 35.9 Å². The molecule has 0 aliphatic carbocycles. The van der Waals surface area contributed by atoms with Crippen LogP contribution in [0, 0.1) is 0 Å². The molecule has 4 N–H and O–H groups in total. The number of nitrogens with zero attached hydrogens (tertiary/aromatic N) is 1. The summed E-state index contributed by atoms with van der Waals surface area (Å²) in [5.41, 5.74) is 0.903. The predicted molar refractivity (Wildman–Crippen MR) is 62.0 cm³/mol. The number of piperidine rings is 1. The number of aliphatic hydroxyl groups is 4. The summed E-state index contributed by atoms with van der Waals surface area (Å²) in [5, 5.41) is 39.1. The molecule has 6 heteroatoms. The van der Waals surface area contributed by atoms with Crippen LogP contribution >= 0.6 is 0 Å². The number of hydrogen-bond donors (Lipinski definition) is 4. The van der Waals surface area contributed by atoms with E-state index in [1.165, 1.54) is 0 Å². The van der Waals surface area contributed by atoms with Crippen LogP contribution in [0.4, 0.5) is 0 Å². The molecule has 0 unspecified atom stereocenters. The number of hydroxylamine groups is 2. The van der Waals surface area contributed by atoms with Gasteiger partial charge < -0.3 is 20.4 Å². The van der Waals surface area contributed by atoms with Crippen LogP contribution < -0.4 is 0 Å². The van der Waals surface area contributed by atoms with Crippen LogP contribution in [-0.2, 0) is 11.4 Å². The first-order chi connectivity index (χ1) is 8.59. The number of benzene rings is 1. The highest BCUT2D eigenvalue weighted by molar-refractivity contribution is 5.13. The van der Waals surface area contributed by atoms with E-state index in [0.29, 0.717) is 0 Å². The summed E-state index contributed by atoms with van der Waals surface area (Å²) >= 11 is 0. The fraction of sp³-hybridized carbons (Fsp3) is 0.500. The maximum absolute atomic E-state index is 9.68. The van der Waals surface area contributed by atoms with Crippen LogP contribution in [0.2, 0.25) is 0 Å². The van der Waals surface area contributed by atoms with Gasteiger partial charge in [0.1, 0.15) is 12.2 Å². The highest BCUT2D eigenvalue weighted by Gasteiger charge is 2.41. The molecule has 1 saturated heterocycles. The molecule has 0 amide bonds. The van der Waals surface area contributed by atoms with E-state index in [-0.39, 0.29) is 13.2 Å². The Morgan fingerprint density at radius 1 is 1.06 bits per heavy atom. The molecule has 0 spiro atoms. The molecule has 0 saturated carbocycles. The zero-order valence-corrected chi connectivity index (χ0v) is 9.75. The third-order valence-corrected chi connectivity index (χ3v) is 2.95. The molecule has 1 heterocycles. The summed E-state index contributed by atoms with van der Waals surface area (Å²) < 4.78 is 0. The molecular weight excluding hydrogens is 238 g/mol. The van der Waals surface area contributed by atoms with Crippen molar-refractivity contribution in [3.63, 3.8) is 0 Å². The van der Waals surface area contributed by atoms with Gasteiger partial charge in [-0.3, -0.25) is 4.84 Å². The van der Waals surface area contributed by atoms with Crippen molar-refractivity contribution in [2.45, 2.75) is 31.1 Å². The van der Waals surface area contributed by atoms with Gasteiger partial charge in [-0.25, -0.2) is 0 Å². The van der Waals surface area contributed by atoms with E-state index in [9.17, 15) is 20.4 Å². The molecule has 0 bridgehead atoms. The quantitative estimate of drug-likeness (QED) is 0.544. The zero-order valence-electron chi connectivity index (χ0n) is 9.75. The molecule has 2 rings (SSSR count). The van der Waals surface area contributed by atoms with E-state index < -0.39 is 24.5 Å². The molecule has 4 atom stereocenters. The van der Waals surface area contributed by atoms with E-state index in [1.807, 2.05) is 30.3 Å². The predicted octanol–water partition coefficient (Wildman–Crippen LogP) is -1.17. The minimum atomic E-state index is -1.45. The zero-order chi connectivity index (χ0) is 13.1. The molecule has 0 aromatic heterocycles. The number of aliphatic hydroxyl groups excluding tert-OH is 4. The van der Waals surface area contributed by atoms with Crippen molar-refractivity contribution in [3.8, 4) is 0 Å². The fourth-order valence-corrected chi connectivity index (χ4v) is 1.84. The summed E-state index contributed by atoms with van der Waals surface area (Å²) in [6.07, 6.45) is -5.33. The molecule has 1 aromatic rings. The maximum atomic E-state index is 9.68. The molecule has 18 heavy (non-hydrogen) atoms. The third kappa shape index (κ3) is 2.86. The van der Waals surface area contributed by atoms with Crippen LogP contribution in [0.3, 0.4) is 0 Å². The van der Waals surface area contributed by atoms with E-state index in [4.69, 9.17) is 4.84 Å². The van der Waals surface area contributed by atoms with Gasteiger partial charge in [0.25, 0.3) is 0 Å². The van der Waals surface area contributed by atoms with Gasteiger partial charge in [0, 0.05) is 0 Å². The molecular formula is C12H17NO5. The summed E-state index contributed by atoms with van der Waals surface area (Å²) in [5.74, 6) is 0. The van der Waals surface area contributed by atoms with Gasteiger partial charge in [-0.1, -0.05) is 30.3 Å². The number of rotatable bonds is 3. The molecule has 1 aliphatic heterocycles. The van der Waals surface area contributed by atoms with Crippen LogP contribution in [-0.4, -0.2) is 56.6 Å². The summed E-state index contributed by atoms with van der Waals surface area (Å²) in [6.45, 7) is 0.152. The lowest BCUT2D eigenvalue weighted by atomic mass is 10.0. The highest BCUT2D eigenvalue weighted by Crippen LogP contribution is 2.18. The molecule has 0 radical (unpaired) electrons. The Labute approximate surface area is 105 Å². The first-order valence-corrected chi connectivity index (χ1v) is 5.75. The average Bonchev–Trinajstić information content (AvgIpc) is 2.40. The lowest BCUT2D eigenvalue weighted by Gasteiger charge is -2.39. The van der Waals surface area contributed by atoms with Crippen LogP contribution in [0.25, 0.3) is 0 Å². The topological polar surface area (TPSA) is 93.4 Å². The van der Waals surface area contributed by atoms with E-state index >= 15 is 0 Å². The Kier molecular flexibility index (Phi) is 4.28. The van der Waals surface area contributed by atoms with Gasteiger partial charge in [-0.05, 0) is 5.56 Å². The van der Waals surface area contributed by atoms with Crippen LogP contribution in [0.1, 0.15) is 5.56 Å². The van der Waals surface area contributed by atoms with Crippen molar-refractivity contribution < 1.29 is 25.3 Å². The molecule has 6 nitrogen and oxygen atoms in total. The number of hydrogen-bond acceptors (Lipinski definition) is 6. The van der Waals surface area contributed by atoms with Crippen molar-refractivity contribution >= 4 is 0 Å². The third-order valence-electron chi connectivity index (χ3n) is 2.95. The standard InChI is InChI=1S/C12H17NO5/c14-9-6-13(12(17)11(16)10(9)15)18-7-8-4-2-1-3-5-8/h1-5,9-12,14-17H,6-7H2/t9-,10+,11-,12-/m1/s1. The Morgan fingerprint density at radius 3 is 2.39 bits per heavy atom. The van der Waals surface area contributed by atoms with Crippen LogP contribution in [0.5, 0.6) is 0 Å².